The van der Waals surface area contributed by atoms with Crippen molar-refractivity contribution in [1.29, 1.82) is 0 Å². The number of ether oxygens (including phenoxy) is 2. The van der Waals surface area contributed by atoms with Gasteiger partial charge in [-0.05, 0) is 47.5 Å². The Morgan fingerprint density at radius 1 is 0.944 bits per heavy atom. The van der Waals surface area contributed by atoms with Gasteiger partial charge in [0.25, 0.3) is 5.91 Å². The van der Waals surface area contributed by atoms with Gasteiger partial charge >= 0.3 is 0 Å². The highest BCUT2D eigenvalue weighted by molar-refractivity contribution is 7.21. The number of carbonyl (C=O) groups excluding carboxylic acids is 1. The first-order valence-electron chi connectivity index (χ1n) is 11.1. The minimum absolute atomic E-state index is 0.361. The third-order valence-electron chi connectivity index (χ3n) is 5.79. The zero-order valence-corrected chi connectivity index (χ0v) is 21.1. The number of fused-ring (bicyclic) bond motifs is 1. The molecule has 0 bridgehead atoms. The van der Waals surface area contributed by atoms with Crippen LogP contribution in [0.2, 0.25) is 5.02 Å². The molecule has 0 unspecified atom stereocenters. The number of aromatic nitrogens is 1. The summed E-state index contributed by atoms with van der Waals surface area (Å²) < 4.78 is 10.7. The van der Waals surface area contributed by atoms with Crippen molar-refractivity contribution in [2.75, 3.05) is 25.3 Å². The molecule has 0 aliphatic heterocycles. The number of thiophene rings is 1. The fraction of sp³-hybridized carbons (Fsp3) is 0.0714. The normalized spacial score (nSPS) is 10.9. The number of rotatable bonds is 6. The Morgan fingerprint density at radius 3 is 2.39 bits per heavy atom. The van der Waals surface area contributed by atoms with Gasteiger partial charge in [-0.1, -0.05) is 54.1 Å². The summed E-state index contributed by atoms with van der Waals surface area (Å²) in [5.74, 6) is 0.884. The molecule has 2 heterocycles. The molecule has 0 radical (unpaired) electrons. The predicted octanol–water partition coefficient (Wildman–Crippen LogP) is 7.14. The van der Waals surface area contributed by atoms with E-state index in [4.69, 9.17) is 31.8 Å². The Bertz CT molecular complexity index is 1570. The molecule has 36 heavy (non-hydrogen) atoms. The number of hydrogen-bond donors (Lipinski definition) is 2. The second-order valence-electron chi connectivity index (χ2n) is 7.97. The van der Waals surface area contributed by atoms with Crippen molar-refractivity contribution in [1.82, 2.24) is 4.98 Å². The highest BCUT2D eigenvalue weighted by Crippen LogP contribution is 2.42. The van der Waals surface area contributed by atoms with E-state index in [0.29, 0.717) is 31.9 Å². The van der Waals surface area contributed by atoms with E-state index in [9.17, 15) is 4.79 Å². The molecule has 180 valence electrons. The fourth-order valence-corrected chi connectivity index (χ4v) is 5.19. The van der Waals surface area contributed by atoms with E-state index in [0.717, 1.165) is 33.5 Å². The van der Waals surface area contributed by atoms with Crippen molar-refractivity contribution in [2.24, 2.45) is 0 Å². The average Bonchev–Trinajstić information content (AvgIpc) is 3.25. The maximum atomic E-state index is 13.3. The highest BCUT2D eigenvalue weighted by atomic mass is 35.5. The van der Waals surface area contributed by atoms with Gasteiger partial charge in [0, 0.05) is 16.0 Å². The number of carbonyl (C=O) groups is 1. The first kappa shape index (κ1) is 23.7. The topological polar surface area (TPSA) is 86.5 Å². The molecule has 1 amide bonds. The molecular formula is C28H22ClN3O3S. The van der Waals surface area contributed by atoms with Crippen molar-refractivity contribution in [2.45, 2.75) is 0 Å². The molecule has 5 rings (SSSR count). The number of amides is 1. The number of pyridine rings is 1. The largest absolute Gasteiger partial charge is 0.497 e. The van der Waals surface area contributed by atoms with Gasteiger partial charge in [0.15, 0.2) is 0 Å². The van der Waals surface area contributed by atoms with Crippen LogP contribution < -0.4 is 20.5 Å². The van der Waals surface area contributed by atoms with Crippen LogP contribution in [0.5, 0.6) is 11.5 Å². The van der Waals surface area contributed by atoms with E-state index in [2.05, 4.69) is 5.32 Å². The van der Waals surface area contributed by atoms with Gasteiger partial charge < -0.3 is 20.5 Å². The number of nitrogens with one attached hydrogen (secondary N) is 1. The summed E-state index contributed by atoms with van der Waals surface area (Å²) in [6, 6.07) is 24.7. The van der Waals surface area contributed by atoms with Crippen LogP contribution in [0.3, 0.4) is 0 Å². The van der Waals surface area contributed by atoms with Crippen molar-refractivity contribution in [3.05, 3.63) is 88.8 Å². The Labute approximate surface area is 217 Å². The minimum atomic E-state index is -0.363. The molecule has 0 atom stereocenters. The van der Waals surface area contributed by atoms with Crippen molar-refractivity contribution in [3.63, 3.8) is 0 Å². The minimum Gasteiger partial charge on any atom is -0.497 e. The molecule has 5 aromatic rings. The van der Waals surface area contributed by atoms with Crippen LogP contribution in [0.1, 0.15) is 9.67 Å². The first-order valence-corrected chi connectivity index (χ1v) is 12.3. The number of methoxy groups -OCH3 is 2. The van der Waals surface area contributed by atoms with E-state index < -0.39 is 0 Å². The molecule has 3 N–H and O–H groups in total. The highest BCUT2D eigenvalue weighted by Gasteiger charge is 2.22. The molecule has 0 aliphatic rings. The molecule has 0 aliphatic carbocycles. The summed E-state index contributed by atoms with van der Waals surface area (Å²) in [6.45, 7) is 0. The quantitative estimate of drug-likeness (QED) is 0.251. The fourth-order valence-electron chi connectivity index (χ4n) is 4.00. The molecule has 0 spiro atoms. The molecule has 0 saturated heterocycles. The summed E-state index contributed by atoms with van der Waals surface area (Å²) >= 11 is 7.38. The SMILES string of the molecule is COc1ccc(-c2cc(-c3ccccc3)nc3sc(C(=O)Nc4cc(Cl)ccc4OC)c(N)c23)cc1. The number of anilines is 2. The first-order chi connectivity index (χ1) is 17.5. The van der Waals surface area contributed by atoms with Gasteiger partial charge in [0.1, 0.15) is 21.2 Å². The molecule has 0 saturated carbocycles. The Morgan fingerprint density at radius 2 is 1.69 bits per heavy atom. The number of halogens is 1. The smallest absolute Gasteiger partial charge is 0.268 e. The summed E-state index contributed by atoms with van der Waals surface area (Å²) in [5, 5.41) is 4.09. The van der Waals surface area contributed by atoms with Gasteiger partial charge in [0.05, 0.1) is 31.3 Å². The maximum Gasteiger partial charge on any atom is 0.268 e. The van der Waals surface area contributed by atoms with Crippen LogP contribution in [0.25, 0.3) is 32.6 Å². The van der Waals surface area contributed by atoms with Gasteiger partial charge in [-0.25, -0.2) is 4.98 Å². The molecule has 8 heteroatoms. The van der Waals surface area contributed by atoms with Crippen molar-refractivity contribution < 1.29 is 14.3 Å². The maximum absolute atomic E-state index is 13.3. The molecule has 0 fully saturated rings. The Kier molecular flexibility index (Phi) is 6.50. The number of hydrogen-bond acceptors (Lipinski definition) is 6. The van der Waals surface area contributed by atoms with Gasteiger partial charge in [0.2, 0.25) is 0 Å². The third-order valence-corrected chi connectivity index (χ3v) is 7.12. The molecular weight excluding hydrogens is 494 g/mol. The monoisotopic (exact) mass is 515 g/mol. The Hall–Kier alpha value is -4.07. The van der Waals surface area contributed by atoms with Crippen LogP contribution in [0.15, 0.2) is 78.9 Å². The van der Waals surface area contributed by atoms with Crippen LogP contribution in [-0.2, 0) is 0 Å². The predicted molar refractivity (Wildman–Crippen MR) is 147 cm³/mol. The number of nitrogens with two attached hydrogens (primary N) is 1. The zero-order valence-electron chi connectivity index (χ0n) is 19.5. The standard InChI is InChI=1S/C28H22ClN3O3S/c1-34-19-11-8-16(9-12-19)20-15-21(17-6-4-3-5-7-17)32-28-24(20)25(30)26(36-28)27(33)31-22-14-18(29)10-13-23(22)35-2/h3-15H,30H2,1-2H3,(H,31,33). The lowest BCUT2D eigenvalue weighted by atomic mass is 9.99. The summed E-state index contributed by atoms with van der Waals surface area (Å²) in [6.07, 6.45) is 0. The van der Waals surface area contributed by atoms with E-state index in [1.807, 2.05) is 60.7 Å². The summed E-state index contributed by atoms with van der Waals surface area (Å²) in [7, 11) is 3.16. The number of nitrogen functional groups attached to an aromatic ring is 1. The second-order valence-corrected chi connectivity index (χ2v) is 9.41. The lowest BCUT2D eigenvalue weighted by Gasteiger charge is -2.11. The summed E-state index contributed by atoms with van der Waals surface area (Å²) in [5.41, 5.74) is 11.0. The zero-order chi connectivity index (χ0) is 25.2. The lowest BCUT2D eigenvalue weighted by molar-refractivity contribution is 0.103. The Balaban J connectivity index is 1.66. The molecule has 3 aromatic carbocycles. The van der Waals surface area contributed by atoms with Crippen LogP contribution >= 0.6 is 22.9 Å². The summed E-state index contributed by atoms with van der Waals surface area (Å²) in [4.78, 5) is 19.2. The van der Waals surface area contributed by atoms with Crippen LogP contribution in [0.4, 0.5) is 11.4 Å². The van der Waals surface area contributed by atoms with Gasteiger partial charge in [-0.15, -0.1) is 11.3 Å². The lowest BCUT2D eigenvalue weighted by Crippen LogP contribution is -2.12. The number of benzene rings is 3. The van der Waals surface area contributed by atoms with E-state index in [1.165, 1.54) is 18.4 Å². The van der Waals surface area contributed by atoms with Crippen LogP contribution in [-0.4, -0.2) is 25.1 Å². The third kappa shape index (κ3) is 4.46. The van der Waals surface area contributed by atoms with Gasteiger partial charge in [-0.3, -0.25) is 4.79 Å². The second kappa shape index (κ2) is 9.89. The van der Waals surface area contributed by atoms with E-state index >= 15 is 0 Å². The van der Waals surface area contributed by atoms with E-state index in [-0.39, 0.29) is 5.91 Å². The number of nitrogens with zero attached hydrogens (tertiary/aromatic N) is 1. The average molecular weight is 516 g/mol. The van der Waals surface area contributed by atoms with Gasteiger partial charge in [-0.2, -0.15) is 0 Å². The van der Waals surface area contributed by atoms with E-state index in [1.54, 1.807) is 25.3 Å². The van der Waals surface area contributed by atoms with Crippen molar-refractivity contribution >= 4 is 50.4 Å². The molecule has 6 nitrogen and oxygen atoms in total. The van der Waals surface area contributed by atoms with Crippen LogP contribution in [0, 0.1) is 0 Å². The molecule has 2 aromatic heterocycles. The van der Waals surface area contributed by atoms with Crippen molar-refractivity contribution in [3.8, 4) is 33.9 Å².